The molecule has 124 valence electrons. The third kappa shape index (κ3) is 3.37. The number of anilines is 2. The maximum Gasteiger partial charge on any atom is 0.421 e. The number of rotatable bonds is 6. The van der Waals surface area contributed by atoms with Crippen molar-refractivity contribution in [2.45, 2.75) is 6.54 Å². The molecule has 1 aromatic carbocycles. The molecule has 0 spiro atoms. The Kier molecular flexibility index (Phi) is 4.76. The van der Waals surface area contributed by atoms with Crippen molar-refractivity contribution in [3.8, 4) is 5.75 Å². The van der Waals surface area contributed by atoms with E-state index in [9.17, 15) is 4.79 Å². The Bertz CT molecular complexity index is 771. The molecule has 0 unspecified atom stereocenters. The van der Waals surface area contributed by atoms with Gasteiger partial charge in [0.25, 0.3) is 0 Å². The van der Waals surface area contributed by atoms with Gasteiger partial charge in [-0.3, -0.25) is 0 Å². The number of ether oxygens (including phenoxy) is 2. The first-order valence-electron chi connectivity index (χ1n) is 7.26. The van der Waals surface area contributed by atoms with Gasteiger partial charge in [-0.25, -0.2) is 14.7 Å². The van der Waals surface area contributed by atoms with Crippen molar-refractivity contribution in [2.24, 2.45) is 0 Å². The van der Waals surface area contributed by atoms with Crippen molar-refractivity contribution in [1.29, 1.82) is 0 Å². The minimum absolute atomic E-state index is 0.243. The predicted octanol–water partition coefficient (Wildman–Crippen LogP) is 2.85. The van der Waals surface area contributed by atoms with Gasteiger partial charge in [-0.15, -0.1) is 0 Å². The Morgan fingerprint density at radius 3 is 2.88 bits per heavy atom. The van der Waals surface area contributed by atoms with Gasteiger partial charge in [0.2, 0.25) is 5.88 Å². The minimum Gasteiger partial charge on any atom is -0.490 e. The number of para-hydroxylation sites is 2. The normalized spacial score (nSPS) is 10.4. The highest BCUT2D eigenvalue weighted by atomic mass is 16.6. The van der Waals surface area contributed by atoms with E-state index in [4.69, 9.17) is 14.0 Å². The molecule has 8 nitrogen and oxygen atoms in total. The molecule has 0 aliphatic carbocycles. The summed E-state index contributed by atoms with van der Waals surface area (Å²) in [5, 5.41) is 3.64. The predicted molar refractivity (Wildman–Crippen MR) is 85.2 cm³/mol. The van der Waals surface area contributed by atoms with Crippen molar-refractivity contribution in [3.63, 3.8) is 0 Å². The first-order chi connectivity index (χ1) is 11.8. The molecule has 24 heavy (non-hydrogen) atoms. The van der Waals surface area contributed by atoms with Crippen LogP contribution in [0.15, 0.2) is 59.8 Å². The second-order valence-electron chi connectivity index (χ2n) is 4.77. The number of amides is 1. The summed E-state index contributed by atoms with van der Waals surface area (Å²) in [5.41, 5.74) is 0.506. The molecule has 0 saturated carbocycles. The summed E-state index contributed by atoms with van der Waals surface area (Å²) in [6.45, 7) is 1.05. The Hall–Kier alpha value is -3.29. The number of hydrogen-bond acceptors (Lipinski definition) is 6. The van der Waals surface area contributed by atoms with Crippen LogP contribution in [0.2, 0.25) is 0 Å². The van der Waals surface area contributed by atoms with Crippen molar-refractivity contribution in [2.75, 3.05) is 18.6 Å². The Balaban J connectivity index is 1.82. The fourth-order valence-electron chi connectivity index (χ4n) is 2.17. The average molecular weight is 328 g/mol. The smallest absolute Gasteiger partial charge is 0.421 e. The van der Waals surface area contributed by atoms with E-state index >= 15 is 0 Å². The van der Waals surface area contributed by atoms with E-state index in [-0.39, 0.29) is 5.88 Å². The molecule has 0 aliphatic rings. The Morgan fingerprint density at radius 2 is 2.17 bits per heavy atom. The molecule has 0 radical (unpaired) electrons. The van der Waals surface area contributed by atoms with Gasteiger partial charge in [0.05, 0.1) is 31.9 Å². The van der Waals surface area contributed by atoms with E-state index in [0.29, 0.717) is 24.6 Å². The number of carbonyl (C=O) groups excluding carboxylic acids is 1. The van der Waals surface area contributed by atoms with Crippen LogP contribution in [0, 0.1) is 0 Å². The zero-order valence-electron chi connectivity index (χ0n) is 13.0. The van der Waals surface area contributed by atoms with Crippen LogP contribution in [-0.4, -0.2) is 34.5 Å². The van der Waals surface area contributed by atoms with Crippen molar-refractivity contribution >= 4 is 17.7 Å². The van der Waals surface area contributed by atoms with Crippen molar-refractivity contribution < 1.29 is 18.8 Å². The third-order valence-electron chi connectivity index (χ3n) is 3.27. The van der Waals surface area contributed by atoms with Crippen LogP contribution in [-0.2, 0) is 11.3 Å². The van der Waals surface area contributed by atoms with E-state index in [1.807, 2.05) is 16.8 Å². The highest BCUT2D eigenvalue weighted by molar-refractivity contribution is 5.96. The number of carbonyl (C=O) groups is 1. The lowest BCUT2D eigenvalue weighted by atomic mass is 10.2. The quantitative estimate of drug-likeness (QED) is 0.692. The van der Waals surface area contributed by atoms with Gasteiger partial charge in [-0.05, 0) is 12.1 Å². The van der Waals surface area contributed by atoms with E-state index in [1.54, 1.807) is 36.8 Å². The van der Waals surface area contributed by atoms with Gasteiger partial charge in [-0.1, -0.05) is 17.3 Å². The molecule has 0 bridgehead atoms. The Labute approximate surface area is 138 Å². The molecule has 2 aromatic heterocycles. The molecular formula is C16H16N4O4. The molecule has 0 fully saturated rings. The first-order valence-corrected chi connectivity index (χ1v) is 7.26. The Morgan fingerprint density at radius 1 is 1.29 bits per heavy atom. The van der Waals surface area contributed by atoms with Crippen molar-refractivity contribution in [1.82, 2.24) is 14.7 Å². The topological polar surface area (TPSA) is 82.6 Å². The van der Waals surface area contributed by atoms with Crippen LogP contribution < -0.4 is 9.64 Å². The monoisotopic (exact) mass is 328 g/mol. The van der Waals surface area contributed by atoms with E-state index < -0.39 is 6.09 Å². The van der Waals surface area contributed by atoms with Crippen LogP contribution in [0.3, 0.4) is 0 Å². The van der Waals surface area contributed by atoms with Gasteiger partial charge in [-0.2, -0.15) is 0 Å². The number of aromatic nitrogens is 3. The van der Waals surface area contributed by atoms with E-state index in [0.717, 1.165) is 0 Å². The van der Waals surface area contributed by atoms with Crippen LogP contribution in [0.5, 0.6) is 5.75 Å². The van der Waals surface area contributed by atoms with Crippen LogP contribution in [0.4, 0.5) is 16.4 Å². The molecular weight excluding hydrogens is 312 g/mol. The second kappa shape index (κ2) is 7.32. The van der Waals surface area contributed by atoms with Gasteiger partial charge < -0.3 is 18.6 Å². The summed E-state index contributed by atoms with van der Waals surface area (Å²) in [7, 11) is 1.30. The maximum absolute atomic E-state index is 12.2. The SMILES string of the molecule is COC(=O)N(c1ccno1)c1ccccc1OCCn1ccnc1. The number of nitrogens with zero attached hydrogens (tertiary/aromatic N) is 4. The minimum atomic E-state index is -0.600. The van der Waals surface area contributed by atoms with Crippen molar-refractivity contribution in [3.05, 3.63) is 55.2 Å². The number of benzene rings is 1. The summed E-state index contributed by atoms with van der Waals surface area (Å²) >= 11 is 0. The summed E-state index contributed by atoms with van der Waals surface area (Å²) in [6.07, 6.45) is 6.12. The highest BCUT2D eigenvalue weighted by Gasteiger charge is 2.25. The van der Waals surface area contributed by atoms with Crippen LogP contribution >= 0.6 is 0 Å². The summed E-state index contributed by atoms with van der Waals surface area (Å²) in [5.74, 6) is 0.770. The lowest BCUT2D eigenvalue weighted by molar-refractivity contribution is 0.179. The summed E-state index contributed by atoms with van der Waals surface area (Å²) < 4.78 is 17.7. The lowest BCUT2D eigenvalue weighted by Gasteiger charge is -2.20. The zero-order valence-corrected chi connectivity index (χ0v) is 13.0. The van der Waals surface area contributed by atoms with Gasteiger partial charge in [0, 0.05) is 18.5 Å². The summed E-state index contributed by atoms with van der Waals surface area (Å²) in [4.78, 5) is 17.4. The van der Waals surface area contributed by atoms with Crippen LogP contribution in [0.25, 0.3) is 0 Å². The largest absolute Gasteiger partial charge is 0.490 e. The first kappa shape index (κ1) is 15.6. The molecule has 3 rings (SSSR count). The van der Waals surface area contributed by atoms with Gasteiger partial charge >= 0.3 is 6.09 Å². The molecule has 3 aromatic rings. The fourth-order valence-corrected chi connectivity index (χ4v) is 2.17. The van der Waals surface area contributed by atoms with Crippen LogP contribution in [0.1, 0.15) is 0 Å². The summed E-state index contributed by atoms with van der Waals surface area (Å²) in [6, 6.07) is 8.71. The lowest BCUT2D eigenvalue weighted by Crippen LogP contribution is -2.26. The molecule has 8 heteroatoms. The van der Waals surface area contributed by atoms with Gasteiger partial charge in [0.1, 0.15) is 12.4 Å². The van der Waals surface area contributed by atoms with E-state index in [1.165, 1.54) is 18.2 Å². The standard InChI is InChI=1S/C16H16N4O4/c1-22-16(21)20(15-6-7-18-24-15)13-4-2-3-5-14(13)23-11-10-19-9-8-17-12-19/h2-9,12H,10-11H2,1H3. The maximum atomic E-state index is 12.2. The molecule has 1 amide bonds. The number of methoxy groups -OCH3 is 1. The fraction of sp³-hybridized carbons (Fsp3) is 0.188. The number of imidazole rings is 1. The number of hydrogen-bond donors (Lipinski definition) is 0. The van der Waals surface area contributed by atoms with E-state index in [2.05, 4.69) is 10.1 Å². The highest BCUT2D eigenvalue weighted by Crippen LogP contribution is 2.34. The molecule has 0 atom stereocenters. The molecule has 0 aliphatic heterocycles. The second-order valence-corrected chi connectivity index (χ2v) is 4.77. The molecule has 0 N–H and O–H groups in total. The molecule has 0 saturated heterocycles. The molecule has 2 heterocycles. The zero-order chi connectivity index (χ0) is 16.8. The average Bonchev–Trinajstić information content (AvgIpc) is 3.30. The van der Waals surface area contributed by atoms with Gasteiger partial charge in [0.15, 0.2) is 0 Å². The third-order valence-corrected chi connectivity index (χ3v) is 3.27.